The number of carbonyl (C=O) groups is 1. The van der Waals surface area contributed by atoms with Gasteiger partial charge in [0.1, 0.15) is 17.9 Å². The molecule has 2 fully saturated rings. The number of nitrogens with two attached hydrogens (primary N) is 2. The molecule has 0 atom stereocenters. The Balaban J connectivity index is 1.34. The number of piperazine rings is 1. The van der Waals surface area contributed by atoms with Gasteiger partial charge >= 0.3 is 0 Å². The molecule has 2 aromatic rings. The zero-order valence-corrected chi connectivity index (χ0v) is 17.8. The quantitative estimate of drug-likeness (QED) is 0.711. The smallest absolute Gasteiger partial charge is 0.282 e. The van der Waals surface area contributed by atoms with E-state index >= 15 is 0 Å². The molecule has 2 aliphatic heterocycles. The third-order valence-corrected chi connectivity index (χ3v) is 5.98. The van der Waals surface area contributed by atoms with Crippen LogP contribution >= 0.6 is 0 Å². The molecule has 1 aliphatic carbocycles. The van der Waals surface area contributed by atoms with Gasteiger partial charge in [0.15, 0.2) is 5.65 Å². The van der Waals surface area contributed by atoms with Crippen molar-refractivity contribution in [2.24, 2.45) is 16.5 Å². The van der Waals surface area contributed by atoms with Gasteiger partial charge in [-0.3, -0.25) is 4.79 Å². The number of ether oxygens (including phenoxy) is 1. The minimum Gasteiger partial charge on any atom is -0.461 e. The van der Waals surface area contributed by atoms with Gasteiger partial charge in [0.25, 0.3) is 6.02 Å². The summed E-state index contributed by atoms with van der Waals surface area (Å²) in [4.78, 5) is 34.7. The van der Waals surface area contributed by atoms with Gasteiger partial charge < -0.3 is 26.0 Å². The molecule has 1 saturated carbocycles. The Kier molecular flexibility index (Phi) is 5.22. The number of amides is 1. The van der Waals surface area contributed by atoms with Gasteiger partial charge in [0.05, 0.1) is 24.0 Å². The Morgan fingerprint density at radius 3 is 2.72 bits per heavy atom. The summed E-state index contributed by atoms with van der Waals surface area (Å²) in [6, 6.07) is 4.01. The molecule has 0 spiro atoms. The lowest BCUT2D eigenvalue weighted by Gasteiger charge is -2.36. The Bertz CT molecular complexity index is 1130. The van der Waals surface area contributed by atoms with E-state index in [2.05, 4.69) is 14.9 Å². The molecule has 0 bridgehead atoms. The average Bonchev–Trinajstić information content (AvgIpc) is 3.55. The van der Waals surface area contributed by atoms with Crippen LogP contribution in [0, 0.1) is 0 Å². The minimum atomic E-state index is -0.617. The number of carbonyl (C=O) groups excluding carboxylic acids is 1. The maximum Gasteiger partial charge on any atom is 0.282 e. The maximum absolute atomic E-state index is 12.5. The topological polar surface area (TPSA) is 136 Å². The largest absolute Gasteiger partial charge is 0.461 e. The van der Waals surface area contributed by atoms with Gasteiger partial charge in [0.2, 0.25) is 5.91 Å². The predicted molar refractivity (Wildman–Crippen MR) is 122 cm³/mol. The highest BCUT2D eigenvalue weighted by molar-refractivity contribution is 5.89. The molecular weight excluding hydrogens is 408 g/mol. The summed E-state index contributed by atoms with van der Waals surface area (Å²) in [7, 11) is 0. The summed E-state index contributed by atoms with van der Waals surface area (Å²) in [5, 5.41) is 0. The van der Waals surface area contributed by atoms with Crippen LogP contribution in [-0.2, 0) is 9.53 Å². The molecule has 0 aromatic carbocycles. The summed E-state index contributed by atoms with van der Waals surface area (Å²) in [6.07, 6.45) is 9.11. The zero-order valence-electron chi connectivity index (χ0n) is 17.8. The number of aromatic nitrogens is 3. The standard InChI is InChI=1S/C22H26N8O2/c23-21-25-8-5-15(2-1-13-32-21)16-3-4-17-19(27-16)28-18(14-26-17)29-9-11-30(12-10-29)20(31)22(24)6-7-22/h1-5,14H,6-13,24H2,(H2,23,25)/b2-1-,15-5+. The highest BCUT2D eigenvalue weighted by atomic mass is 16.5. The summed E-state index contributed by atoms with van der Waals surface area (Å²) < 4.78 is 5.27. The van der Waals surface area contributed by atoms with Gasteiger partial charge in [-0.2, -0.15) is 0 Å². The number of aliphatic imine (C=N–C) groups is 1. The fourth-order valence-corrected chi connectivity index (χ4v) is 3.85. The lowest BCUT2D eigenvalue weighted by molar-refractivity contribution is -0.133. The molecule has 4 heterocycles. The molecule has 10 heteroatoms. The first kappa shape index (κ1) is 20.4. The molecular formula is C22H26N8O2. The predicted octanol–water partition coefficient (Wildman–Crippen LogP) is 0.449. The van der Waals surface area contributed by atoms with Crippen molar-refractivity contribution in [3.8, 4) is 0 Å². The van der Waals surface area contributed by atoms with Gasteiger partial charge in [0, 0.05) is 26.2 Å². The van der Waals surface area contributed by atoms with Crippen LogP contribution in [0.3, 0.4) is 0 Å². The van der Waals surface area contributed by atoms with Crippen LogP contribution in [0.5, 0.6) is 0 Å². The highest BCUT2D eigenvalue weighted by Crippen LogP contribution is 2.34. The van der Waals surface area contributed by atoms with E-state index in [0.717, 1.165) is 35.4 Å². The number of anilines is 1. The second-order valence-corrected chi connectivity index (χ2v) is 8.25. The van der Waals surface area contributed by atoms with E-state index in [4.69, 9.17) is 26.2 Å². The molecule has 0 radical (unpaired) electrons. The number of pyridine rings is 1. The summed E-state index contributed by atoms with van der Waals surface area (Å²) in [5.41, 5.74) is 14.1. The zero-order chi connectivity index (χ0) is 22.1. The van der Waals surface area contributed by atoms with E-state index in [-0.39, 0.29) is 11.9 Å². The minimum absolute atomic E-state index is 0.0703. The van der Waals surface area contributed by atoms with Crippen LogP contribution in [0.1, 0.15) is 18.5 Å². The number of hydrogen-bond acceptors (Lipinski definition) is 9. The van der Waals surface area contributed by atoms with E-state index < -0.39 is 5.54 Å². The molecule has 0 unspecified atom stereocenters. The van der Waals surface area contributed by atoms with E-state index in [1.54, 1.807) is 6.20 Å². The fraction of sp³-hybridized carbons (Fsp3) is 0.409. The van der Waals surface area contributed by atoms with Crippen molar-refractivity contribution >= 4 is 34.5 Å². The van der Waals surface area contributed by atoms with E-state index in [0.29, 0.717) is 45.0 Å². The van der Waals surface area contributed by atoms with Crippen LogP contribution in [0.2, 0.25) is 0 Å². The first-order valence-corrected chi connectivity index (χ1v) is 10.8. The van der Waals surface area contributed by atoms with E-state index in [1.807, 2.05) is 35.3 Å². The average molecular weight is 435 g/mol. The van der Waals surface area contributed by atoms with Gasteiger partial charge in [-0.25, -0.2) is 19.9 Å². The third kappa shape index (κ3) is 4.13. The number of allylic oxidation sites excluding steroid dienone is 2. The van der Waals surface area contributed by atoms with Crippen molar-refractivity contribution in [1.29, 1.82) is 0 Å². The summed E-state index contributed by atoms with van der Waals surface area (Å²) in [6.45, 7) is 3.40. The first-order chi connectivity index (χ1) is 15.5. The van der Waals surface area contributed by atoms with Crippen molar-refractivity contribution in [2.75, 3.05) is 44.2 Å². The van der Waals surface area contributed by atoms with Crippen molar-refractivity contribution in [3.63, 3.8) is 0 Å². The van der Waals surface area contributed by atoms with Crippen molar-refractivity contribution in [3.05, 3.63) is 42.3 Å². The summed E-state index contributed by atoms with van der Waals surface area (Å²) in [5.74, 6) is 0.828. The SMILES string of the molecule is N/C1=N/C/C=C(c2ccc3ncc(N4CCN(C(=O)C5(N)CC5)CC4)nc3n2)\C=C/CO1. The molecule has 1 saturated heterocycles. The van der Waals surface area contributed by atoms with Gasteiger partial charge in [-0.05, 0) is 36.6 Å². The highest BCUT2D eigenvalue weighted by Gasteiger charge is 2.48. The van der Waals surface area contributed by atoms with Gasteiger partial charge in [-0.15, -0.1) is 0 Å². The Morgan fingerprint density at radius 1 is 1.12 bits per heavy atom. The first-order valence-electron chi connectivity index (χ1n) is 10.8. The van der Waals surface area contributed by atoms with Crippen molar-refractivity contribution in [2.45, 2.75) is 18.4 Å². The van der Waals surface area contributed by atoms with E-state index in [1.165, 1.54) is 0 Å². The Hall–Kier alpha value is -3.53. The van der Waals surface area contributed by atoms with E-state index in [9.17, 15) is 4.79 Å². The monoisotopic (exact) mass is 434 g/mol. The number of rotatable bonds is 3. The van der Waals surface area contributed by atoms with Crippen LogP contribution in [-0.4, -0.2) is 76.7 Å². The number of amidine groups is 1. The molecule has 2 aromatic heterocycles. The Labute approximate surface area is 185 Å². The lowest BCUT2D eigenvalue weighted by Crippen LogP contribution is -2.54. The maximum atomic E-state index is 12.5. The summed E-state index contributed by atoms with van der Waals surface area (Å²) >= 11 is 0. The van der Waals surface area contributed by atoms with Crippen LogP contribution < -0.4 is 16.4 Å². The molecule has 3 aliphatic rings. The molecule has 1 amide bonds. The number of fused-ring (bicyclic) bond motifs is 1. The normalized spacial score (nSPS) is 24.8. The van der Waals surface area contributed by atoms with Crippen LogP contribution in [0.4, 0.5) is 5.82 Å². The molecule has 10 nitrogen and oxygen atoms in total. The van der Waals surface area contributed by atoms with Crippen molar-refractivity contribution < 1.29 is 9.53 Å². The Morgan fingerprint density at radius 2 is 1.94 bits per heavy atom. The van der Waals surface area contributed by atoms with Crippen LogP contribution in [0.15, 0.2) is 41.6 Å². The third-order valence-electron chi connectivity index (χ3n) is 5.98. The van der Waals surface area contributed by atoms with Crippen LogP contribution in [0.25, 0.3) is 16.7 Å². The van der Waals surface area contributed by atoms with Crippen molar-refractivity contribution in [1.82, 2.24) is 19.9 Å². The molecule has 166 valence electrons. The number of hydrogen-bond donors (Lipinski definition) is 2. The molecule has 32 heavy (non-hydrogen) atoms. The van der Waals surface area contributed by atoms with Gasteiger partial charge in [-0.1, -0.05) is 12.2 Å². The fourth-order valence-electron chi connectivity index (χ4n) is 3.85. The molecule has 4 N–H and O–H groups in total. The lowest BCUT2D eigenvalue weighted by atomic mass is 10.1. The molecule has 5 rings (SSSR count). The second kappa shape index (κ2) is 8.19. The number of nitrogens with zero attached hydrogens (tertiary/aromatic N) is 6. The second-order valence-electron chi connectivity index (χ2n) is 8.25.